The minimum atomic E-state index is -0.118. The van der Waals surface area contributed by atoms with Crippen molar-refractivity contribution in [3.8, 4) is 11.5 Å². The van der Waals surface area contributed by atoms with Crippen LogP contribution in [-0.2, 0) is 4.74 Å². The second-order valence-electron chi connectivity index (χ2n) is 3.94. The maximum absolute atomic E-state index is 5.93. The maximum atomic E-state index is 5.93. The van der Waals surface area contributed by atoms with E-state index in [4.69, 9.17) is 19.9 Å². The minimum absolute atomic E-state index is 0.118. The van der Waals surface area contributed by atoms with Crippen molar-refractivity contribution in [2.75, 3.05) is 20.3 Å². The summed E-state index contributed by atoms with van der Waals surface area (Å²) in [4.78, 5) is 0. The predicted molar refractivity (Wildman–Crippen MR) is 60.8 cm³/mol. The van der Waals surface area contributed by atoms with E-state index in [0.717, 1.165) is 17.1 Å². The van der Waals surface area contributed by atoms with Gasteiger partial charge in [0.15, 0.2) is 0 Å². The van der Waals surface area contributed by atoms with Crippen LogP contribution in [0.25, 0.3) is 0 Å². The molecule has 0 radical (unpaired) electrons. The molecule has 1 aromatic carbocycles. The van der Waals surface area contributed by atoms with E-state index >= 15 is 0 Å². The molecule has 2 N–H and O–H groups in total. The van der Waals surface area contributed by atoms with E-state index in [0.29, 0.717) is 13.2 Å². The average molecular weight is 223 g/mol. The van der Waals surface area contributed by atoms with Crippen molar-refractivity contribution in [3.63, 3.8) is 0 Å². The Morgan fingerprint density at radius 2 is 2.06 bits per heavy atom. The molecule has 1 aliphatic heterocycles. The first-order valence-corrected chi connectivity index (χ1v) is 5.39. The average Bonchev–Trinajstić information content (AvgIpc) is 2.22. The van der Waals surface area contributed by atoms with Crippen molar-refractivity contribution >= 4 is 0 Å². The fourth-order valence-electron chi connectivity index (χ4n) is 1.72. The fraction of sp³-hybridized carbons (Fsp3) is 0.500. The van der Waals surface area contributed by atoms with Gasteiger partial charge < -0.3 is 19.9 Å². The molecule has 0 aliphatic carbocycles. The molecule has 4 heteroatoms. The number of benzene rings is 1. The van der Waals surface area contributed by atoms with Crippen LogP contribution in [0.3, 0.4) is 0 Å². The minimum Gasteiger partial charge on any atom is -0.496 e. The Bertz CT molecular complexity index is 361. The highest BCUT2D eigenvalue weighted by atomic mass is 16.6. The third-order valence-corrected chi connectivity index (χ3v) is 2.60. The van der Waals surface area contributed by atoms with Gasteiger partial charge in [-0.3, -0.25) is 0 Å². The van der Waals surface area contributed by atoms with E-state index in [1.165, 1.54) is 0 Å². The van der Waals surface area contributed by atoms with E-state index in [9.17, 15) is 0 Å². The van der Waals surface area contributed by atoms with Crippen molar-refractivity contribution in [2.45, 2.75) is 19.1 Å². The molecule has 0 spiro atoms. The van der Waals surface area contributed by atoms with Crippen LogP contribution >= 0.6 is 0 Å². The van der Waals surface area contributed by atoms with Crippen LogP contribution in [0.1, 0.15) is 18.5 Å². The van der Waals surface area contributed by atoms with Gasteiger partial charge in [0, 0.05) is 6.04 Å². The Morgan fingerprint density at radius 3 is 2.56 bits per heavy atom. The summed E-state index contributed by atoms with van der Waals surface area (Å²) < 4.78 is 16.2. The zero-order chi connectivity index (χ0) is 11.5. The van der Waals surface area contributed by atoms with Crippen LogP contribution in [0.15, 0.2) is 18.2 Å². The first kappa shape index (κ1) is 11.2. The first-order valence-electron chi connectivity index (χ1n) is 5.39. The number of hydrogen-bond donors (Lipinski definition) is 1. The summed E-state index contributed by atoms with van der Waals surface area (Å²) in [6.07, 6.45) is 0.143. The molecule has 0 aromatic heterocycles. The largest absolute Gasteiger partial charge is 0.496 e. The molecule has 0 unspecified atom stereocenters. The lowest BCUT2D eigenvalue weighted by Crippen LogP contribution is -2.38. The van der Waals surface area contributed by atoms with E-state index in [2.05, 4.69) is 0 Å². The molecule has 1 fully saturated rings. The van der Waals surface area contributed by atoms with Crippen LogP contribution in [-0.4, -0.2) is 26.4 Å². The highest BCUT2D eigenvalue weighted by Gasteiger charge is 2.23. The number of ether oxygens (including phenoxy) is 3. The highest BCUT2D eigenvalue weighted by molar-refractivity contribution is 5.46. The Balaban J connectivity index is 2.26. The topological polar surface area (TPSA) is 53.7 Å². The Hall–Kier alpha value is -1.26. The third kappa shape index (κ3) is 2.13. The summed E-state index contributed by atoms with van der Waals surface area (Å²) in [5.41, 5.74) is 6.85. The van der Waals surface area contributed by atoms with Gasteiger partial charge in [-0.25, -0.2) is 0 Å². The smallest absolute Gasteiger partial charge is 0.145 e. The van der Waals surface area contributed by atoms with Gasteiger partial charge in [0.2, 0.25) is 0 Å². The Morgan fingerprint density at radius 1 is 1.38 bits per heavy atom. The summed E-state index contributed by atoms with van der Waals surface area (Å²) in [5, 5.41) is 0. The summed E-state index contributed by atoms with van der Waals surface area (Å²) in [6, 6.07) is 5.59. The summed E-state index contributed by atoms with van der Waals surface area (Å²) in [6.45, 7) is 3.22. The van der Waals surface area contributed by atoms with E-state index in [-0.39, 0.29) is 12.1 Å². The fourth-order valence-corrected chi connectivity index (χ4v) is 1.72. The van der Waals surface area contributed by atoms with Gasteiger partial charge in [-0.15, -0.1) is 0 Å². The van der Waals surface area contributed by atoms with Crippen LogP contribution in [0, 0.1) is 0 Å². The maximum Gasteiger partial charge on any atom is 0.145 e. The third-order valence-electron chi connectivity index (χ3n) is 2.60. The molecule has 1 atom stereocenters. The molecule has 1 aliphatic rings. The first-order chi connectivity index (χ1) is 7.72. The highest BCUT2D eigenvalue weighted by Crippen LogP contribution is 2.33. The Labute approximate surface area is 95.3 Å². The van der Waals surface area contributed by atoms with Gasteiger partial charge in [0.1, 0.15) is 17.6 Å². The quantitative estimate of drug-likeness (QED) is 0.840. The number of nitrogens with two attached hydrogens (primary N) is 1. The van der Waals surface area contributed by atoms with Crippen LogP contribution in [0.2, 0.25) is 0 Å². The van der Waals surface area contributed by atoms with E-state index in [1.54, 1.807) is 7.11 Å². The van der Waals surface area contributed by atoms with E-state index < -0.39 is 0 Å². The number of hydrogen-bond acceptors (Lipinski definition) is 4. The summed E-state index contributed by atoms with van der Waals surface area (Å²) in [5.74, 6) is 1.57. The monoisotopic (exact) mass is 223 g/mol. The lowest BCUT2D eigenvalue weighted by molar-refractivity contribution is -0.0801. The van der Waals surface area contributed by atoms with Crippen molar-refractivity contribution < 1.29 is 14.2 Å². The van der Waals surface area contributed by atoms with Gasteiger partial charge in [-0.2, -0.15) is 0 Å². The van der Waals surface area contributed by atoms with Crippen molar-refractivity contribution in [1.82, 2.24) is 0 Å². The molecule has 0 saturated carbocycles. The van der Waals surface area contributed by atoms with Gasteiger partial charge >= 0.3 is 0 Å². The van der Waals surface area contributed by atoms with Crippen molar-refractivity contribution in [2.24, 2.45) is 5.73 Å². The molecule has 1 saturated heterocycles. The molecule has 0 amide bonds. The van der Waals surface area contributed by atoms with Crippen molar-refractivity contribution in [1.29, 1.82) is 0 Å². The predicted octanol–water partition coefficient (Wildman–Crippen LogP) is 1.49. The molecule has 88 valence electrons. The lowest BCUT2D eigenvalue weighted by atomic mass is 10.1. The van der Waals surface area contributed by atoms with Crippen LogP contribution in [0.4, 0.5) is 0 Å². The van der Waals surface area contributed by atoms with Gasteiger partial charge in [-0.1, -0.05) is 6.07 Å². The molecule has 4 nitrogen and oxygen atoms in total. The number of rotatable bonds is 4. The molecule has 16 heavy (non-hydrogen) atoms. The lowest BCUT2D eigenvalue weighted by Gasteiger charge is -2.28. The normalized spacial score (nSPS) is 17.7. The summed E-state index contributed by atoms with van der Waals surface area (Å²) in [7, 11) is 1.64. The second kappa shape index (κ2) is 4.72. The van der Waals surface area contributed by atoms with Gasteiger partial charge in [-0.05, 0) is 19.1 Å². The van der Waals surface area contributed by atoms with Gasteiger partial charge in [0.25, 0.3) is 0 Å². The molecule has 1 heterocycles. The molecular weight excluding hydrogens is 206 g/mol. The zero-order valence-corrected chi connectivity index (χ0v) is 9.60. The molecule has 1 aromatic rings. The van der Waals surface area contributed by atoms with Crippen LogP contribution < -0.4 is 15.2 Å². The van der Waals surface area contributed by atoms with Crippen LogP contribution in [0.5, 0.6) is 11.5 Å². The second-order valence-corrected chi connectivity index (χ2v) is 3.94. The molecule has 2 rings (SSSR count). The Kier molecular flexibility index (Phi) is 3.31. The zero-order valence-electron chi connectivity index (χ0n) is 9.60. The van der Waals surface area contributed by atoms with Crippen molar-refractivity contribution in [3.05, 3.63) is 23.8 Å². The summed E-state index contributed by atoms with van der Waals surface area (Å²) >= 11 is 0. The van der Waals surface area contributed by atoms with E-state index in [1.807, 2.05) is 25.1 Å². The van der Waals surface area contributed by atoms with Gasteiger partial charge in [0.05, 0.1) is 25.9 Å². The SMILES string of the molecule is COc1cccc(OC2COC2)c1[C@@H](C)N. The molecular formula is C12H17NO3. The number of methoxy groups -OCH3 is 1. The molecule has 0 bridgehead atoms. The standard InChI is InChI=1S/C12H17NO3/c1-8(13)12-10(14-2)4-3-5-11(12)16-9-6-15-7-9/h3-5,8-9H,6-7,13H2,1-2H3/t8-/m1/s1.